The Bertz CT molecular complexity index is 653. The Morgan fingerprint density at radius 3 is 2.43 bits per heavy atom. The molecule has 1 N–H and O–H groups in total. The first-order chi connectivity index (χ1) is 11.0. The van der Waals surface area contributed by atoms with Crippen LogP contribution in [0.3, 0.4) is 0 Å². The van der Waals surface area contributed by atoms with Crippen LogP contribution in [0.2, 0.25) is 0 Å². The number of hydrogen-bond acceptors (Lipinski definition) is 3. The van der Waals surface area contributed by atoms with Gasteiger partial charge in [-0.15, -0.1) is 0 Å². The summed E-state index contributed by atoms with van der Waals surface area (Å²) in [7, 11) is 1.85. The molecule has 1 atom stereocenters. The van der Waals surface area contributed by atoms with Gasteiger partial charge in [-0.1, -0.05) is 51.5 Å². The summed E-state index contributed by atoms with van der Waals surface area (Å²) in [6.45, 7) is 13.7. The van der Waals surface area contributed by atoms with E-state index in [1.165, 1.54) is 0 Å². The molecular weight excluding hydrogens is 290 g/mol. The number of imide groups is 1. The van der Waals surface area contributed by atoms with Crippen molar-refractivity contribution in [2.75, 3.05) is 0 Å². The monoisotopic (exact) mass is 319 g/mol. The van der Waals surface area contributed by atoms with E-state index in [1.807, 2.05) is 47.7 Å². The van der Waals surface area contributed by atoms with Gasteiger partial charge in [-0.3, -0.25) is 19.6 Å². The fourth-order valence-electron chi connectivity index (χ4n) is 2.53. The van der Waals surface area contributed by atoms with Crippen LogP contribution in [0.5, 0.6) is 0 Å². The van der Waals surface area contributed by atoms with Gasteiger partial charge in [-0.05, 0) is 20.3 Å². The zero-order valence-electron chi connectivity index (χ0n) is 15.1. The van der Waals surface area contributed by atoms with Gasteiger partial charge in [-0.25, -0.2) is 0 Å². The number of carbonyl (C=O) groups excluding carboxylic acids is 2. The predicted molar refractivity (Wildman–Crippen MR) is 95.1 cm³/mol. The molecule has 0 aromatic carbocycles. The molecule has 1 aromatic heterocycles. The van der Waals surface area contributed by atoms with Crippen molar-refractivity contribution in [2.24, 2.45) is 7.05 Å². The number of nitrogens with one attached hydrogen (secondary N) is 1. The minimum atomic E-state index is -0.439. The minimum Gasteiger partial charge on any atom is -0.299 e. The molecule has 0 fully saturated rings. The van der Waals surface area contributed by atoms with Gasteiger partial charge < -0.3 is 0 Å². The Morgan fingerprint density at radius 2 is 2.00 bits per heavy atom. The molecule has 23 heavy (non-hydrogen) atoms. The van der Waals surface area contributed by atoms with Gasteiger partial charge in [0.1, 0.15) is 0 Å². The van der Waals surface area contributed by atoms with Crippen molar-refractivity contribution in [1.82, 2.24) is 15.1 Å². The molecule has 0 aliphatic rings. The number of nitrogens with zero attached hydrogens (tertiary/aromatic N) is 2. The van der Waals surface area contributed by atoms with Crippen LogP contribution in [-0.4, -0.2) is 22.1 Å². The number of hydrogen-bond donors (Lipinski definition) is 1. The number of amides is 2. The molecular formula is C18H29N3O2. The lowest BCUT2D eigenvalue weighted by atomic mass is 9.97. The molecule has 0 radical (unpaired) electrons. The normalized spacial score (nSPS) is 12.0. The Balaban J connectivity index is 0.00000232. The molecule has 0 aliphatic heterocycles. The van der Waals surface area contributed by atoms with Gasteiger partial charge in [0.25, 0.3) is 0 Å². The van der Waals surface area contributed by atoms with E-state index in [2.05, 4.69) is 17.0 Å². The van der Waals surface area contributed by atoms with Gasteiger partial charge in [-0.2, -0.15) is 5.10 Å². The molecule has 0 spiro atoms. The molecule has 0 saturated heterocycles. The number of allylic oxidation sites excluding steroid dienone is 1. The summed E-state index contributed by atoms with van der Waals surface area (Å²) in [5.74, 6) is -0.755. The maximum Gasteiger partial charge on any atom is 0.235 e. The number of aryl methyl sites for hydroxylation is 1. The SMILES string of the molecule is C=C/C=c1/c(C(CCC)C(=O)NC=O)nn(C)c1=C(C)C.CC. The fraction of sp³-hybridized carbons (Fsp3) is 0.500. The lowest BCUT2D eigenvalue weighted by Gasteiger charge is -2.11. The van der Waals surface area contributed by atoms with E-state index < -0.39 is 5.92 Å². The van der Waals surface area contributed by atoms with E-state index in [4.69, 9.17) is 0 Å². The average molecular weight is 319 g/mol. The zero-order valence-corrected chi connectivity index (χ0v) is 15.1. The smallest absolute Gasteiger partial charge is 0.235 e. The largest absolute Gasteiger partial charge is 0.299 e. The highest BCUT2D eigenvalue weighted by atomic mass is 16.2. The standard InChI is InChI=1S/C16H23N3O2.C2H6/c1-6-8-12-14(18-19(5)15(12)11(3)4)13(9-7-2)16(21)17-10-20;1-2/h6,8,10,13H,1,7,9H2,2-5H3,(H,17,20,21);1-2H3/b12-8-;. The fourth-order valence-corrected chi connectivity index (χ4v) is 2.53. The summed E-state index contributed by atoms with van der Waals surface area (Å²) >= 11 is 0. The van der Waals surface area contributed by atoms with E-state index in [1.54, 1.807) is 10.8 Å². The number of aromatic nitrogens is 2. The van der Waals surface area contributed by atoms with Gasteiger partial charge in [0.15, 0.2) is 0 Å². The van der Waals surface area contributed by atoms with E-state index in [0.717, 1.165) is 22.6 Å². The van der Waals surface area contributed by atoms with Crippen molar-refractivity contribution < 1.29 is 9.59 Å². The van der Waals surface area contributed by atoms with E-state index >= 15 is 0 Å². The van der Waals surface area contributed by atoms with Crippen LogP contribution in [0.25, 0.3) is 11.6 Å². The van der Waals surface area contributed by atoms with Crippen molar-refractivity contribution >= 4 is 24.0 Å². The van der Waals surface area contributed by atoms with Gasteiger partial charge in [0.05, 0.1) is 17.0 Å². The summed E-state index contributed by atoms with van der Waals surface area (Å²) < 4.78 is 1.77. The van der Waals surface area contributed by atoms with Crippen LogP contribution in [0.1, 0.15) is 59.1 Å². The van der Waals surface area contributed by atoms with Crippen LogP contribution in [0.15, 0.2) is 12.7 Å². The highest BCUT2D eigenvalue weighted by Gasteiger charge is 2.24. The summed E-state index contributed by atoms with van der Waals surface area (Å²) in [6.07, 6.45) is 5.43. The molecule has 1 rings (SSSR count). The maximum absolute atomic E-state index is 12.1. The molecule has 0 saturated carbocycles. The summed E-state index contributed by atoms with van der Waals surface area (Å²) in [5, 5.41) is 8.63. The second-order valence-electron chi connectivity index (χ2n) is 5.14. The number of carbonyl (C=O) groups is 2. The molecule has 1 unspecified atom stereocenters. The summed E-state index contributed by atoms with van der Waals surface area (Å²) in [6, 6.07) is 0. The number of rotatable bonds is 6. The average Bonchev–Trinajstić information content (AvgIpc) is 2.83. The summed E-state index contributed by atoms with van der Waals surface area (Å²) in [5.41, 5.74) is 1.80. The molecule has 0 aliphatic carbocycles. The first-order valence-corrected chi connectivity index (χ1v) is 8.05. The maximum atomic E-state index is 12.1. The van der Waals surface area contributed by atoms with Crippen LogP contribution in [0.4, 0.5) is 0 Å². The van der Waals surface area contributed by atoms with Gasteiger partial charge in [0, 0.05) is 12.3 Å². The Labute approximate surface area is 138 Å². The molecule has 5 nitrogen and oxygen atoms in total. The Hall–Kier alpha value is -2.17. The van der Waals surface area contributed by atoms with Crippen molar-refractivity contribution in [2.45, 2.75) is 53.4 Å². The van der Waals surface area contributed by atoms with Gasteiger partial charge >= 0.3 is 0 Å². The van der Waals surface area contributed by atoms with Crippen molar-refractivity contribution in [3.63, 3.8) is 0 Å². The highest BCUT2D eigenvalue weighted by Crippen LogP contribution is 2.16. The Kier molecular flexibility index (Phi) is 9.54. The molecule has 0 bridgehead atoms. The van der Waals surface area contributed by atoms with Crippen LogP contribution in [0, 0.1) is 0 Å². The quantitative estimate of drug-likeness (QED) is 0.813. The third-order valence-corrected chi connectivity index (χ3v) is 3.30. The molecule has 128 valence electrons. The lowest BCUT2D eigenvalue weighted by molar-refractivity contribution is -0.126. The molecule has 1 aromatic rings. The van der Waals surface area contributed by atoms with E-state index in [9.17, 15) is 9.59 Å². The third-order valence-electron chi connectivity index (χ3n) is 3.30. The second kappa shape index (κ2) is 10.5. The topological polar surface area (TPSA) is 64.0 Å². The van der Waals surface area contributed by atoms with Gasteiger partial charge in [0.2, 0.25) is 12.3 Å². The van der Waals surface area contributed by atoms with Crippen LogP contribution in [-0.2, 0) is 16.6 Å². The summed E-state index contributed by atoms with van der Waals surface area (Å²) in [4.78, 5) is 22.7. The van der Waals surface area contributed by atoms with E-state index in [0.29, 0.717) is 18.5 Å². The minimum absolute atomic E-state index is 0.316. The second-order valence-corrected chi connectivity index (χ2v) is 5.14. The first kappa shape index (κ1) is 20.8. The third kappa shape index (κ3) is 5.20. The highest BCUT2D eigenvalue weighted by molar-refractivity contribution is 5.90. The predicted octanol–water partition coefficient (Wildman–Crippen LogP) is 1.76. The molecule has 5 heteroatoms. The molecule has 1 heterocycles. The van der Waals surface area contributed by atoms with Crippen molar-refractivity contribution in [3.8, 4) is 0 Å². The van der Waals surface area contributed by atoms with Crippen LogP contribution < -0.4 is 15.9 Å². The van der Waals surface area contributed by atoms with Crippen molar-refractivity contribution in [3.05, 3.63) is 28.9 Å². The van der Waals surface area contributed by atoms with Crippen LogP contribution >= 0.6 is 0 Å². The first-order valence-electron chi connectivity index (χ1n) is 8.05. The molecule has 2 amide bonds. The van der Waals surface area contributed by atoms with E-state index in [-0.39, 0.29) is 5.91 Å². The van der Waals surface area contributed by atoms with Crippen molar-refractivity contribution in [1.29, 1.82) is 0 Å². The lowest BCUT2D eigenvalue weighted by Crippen LogP contribution is -2.35. The zero-order chi connectivity index (χ0) is 18.0. The Morgan fingerprint density at radius 1 is 1.39 bits per heavy atom.